The maximum atomic E-state index is 10.3. The normalized spacial score (nSPS) is 24.0. The van der Waals surface area contributed by atoms with Crippen LogP contribution in [0.25, 0.3) is 0 Å². The molecule has 0 saturated heterocycles. The van der Waals surface area contributed by atoms with E-state index in [2.05, 4.69) is 20.5 Å². The first-order valence-electron chi connectivity index (χ1n) is 8.92. The van der Waals surface area contributed by atoms with E-state index in [1.54, 1.807) is 13.8 Å². The number of hydrogen-bond donors (Lipinski definition) is 4. The molecule has 1 unspecified atom stereocenters. The highest BCUT2D eigenvalue weighted by Crippen LogP contribution is 2.36. The quantitative estimate of drug-likeness (QED) is 0.643. The third-order valence-corrected chi connectivity index (χ3v) is 5.03. The van der Waals surface area contributed by atoms with Crippen molar-refractivity contribution < 1.29 is 10.2 Å². The van der Waals surface area contributed by atoms with Crippen molar-refractivity contribution in [1.82, 2.24) is 20.5 Å². The van der Waals surface area contributed by atoms with Gasteiger partial charge in [-0.3, -0.25) is 5.10 Å². The van der Waals surface area contributed by atoms with E-state index >= 15 is 0 Å². The van der Waals surface area contributed by atoms with Gasteiger partial charge in [-0.15, -0.1) is 0 Å². The van der Waals surface area contributed by atoms with E-state index in [1.807, 2.05) is 31.2 Å². The molecule has 1 aliphatic carbocycles. The molecule has 1 aromatic carbocycles. The van der Waals surface area contributed by atoms with Crippen molar-refractivity contribution in [2.24, 2.45) is 5.92 Å². The highest BCUT2D eigenvalue weighted by molar-refractivity contribution is 5.26. The first kappa shape index (κ1) is 18.0. The van der Waals surface area contributed by atoms with Gasteiger partial charge in [0.05, 0.1) is 11.7 Å². The van der Waals surface area contributed by atoms with E-state index in [-0.39, 0.29) is 17.9 Å². The summed E-state index contributed by atoms with van der Waals surface area (Å²) < 4.78 is 0. The van der Waals surface area contributed by atoms with Crippen LogP contribution >= 0.6 is 0 Å². The zero-order valence-electron chi connectivity index (χ0n) is 15.2. The molecule has 0 spiro atoms. The van der Waals surface area contributed by atoms with E-state index in [4.69, 9.17) is 0 Å². The van der Waals surface area contributed by atoms with Crippen LogP contribution in [-0.2, 0) is 12.1 Å². The SMILES string of the molecule is Cc1nc(C2C[C@H](CNCc3ccc(C(C)(C)O)cc3)[C@H](O)C2)n[nH]1. The highest BCUT2D eigenvalue weighted by atomic mass is 16.3. The molecular weight excluding hydrogens is 316 g/mol. The van der Waals surface area contributed by atoms with Crippen LogP contribution in [0, 0.1) is 12.8 Å². The first-order chi connectivity index (χ1) is 11.8. The predicted molar refractivity (Wildman–Crippen MR) is 96.0 cm³/mol. The Morgan fingerprint density at radius 1 is 1.24 bits per heavy atom. The molecule has 2 aromatic rings. The smallest absolute Gasteiger partial charge is 0.153 e. The van der Waals surface area contributed by atoms with Crippen LogP contribution in [0.5, 0.6) is 0 Å². The van der Waals surface area contributed by atoms with E-state index in [9.17, 15) is 10.2 Å². The molecule has 0 amide bonds. The van der Waals surface area contributed by atoms with Gasteiger partial charge >= 0.3 is 0 Å². The summed E-state index contributed by atoms with van der Waals surface area (Å²) in [6.45, 7) is 6.99. The van der Waals surface area contributed by atoms with Gasteiger partial charge in [0.25, 0.3) is 0 Å². The Hall–Kier alpha value is -1.76. The van der Waals surface area contributed by atoms with Gasteiger partial charge in [-0.2, -0.15) is 5.10 Å². The van der Waals surface area contributed by atoms with Crippen molar-refractivity contribution in [2.75, 3.05) is 6.54 Å². The highest BCUT2D eigenvalue weighted by Gasteiger charge is 2.35. The molecule has 3 atom stereocenters. The summed E-state index contributed by atoms with van der Waals surface area (Å²) in [6.07, 6.45) is 1.32. The Balaban J connectivity index is 1.49. The number of aromatic nitrogens is 3. The largest absolute Gasteiger partial charge is 0.393 e. The van der Waals surface area contributed by atoms with Gasteiger partial charge in [0, 0.05) is 19.0 Å². The third-order valence-electron chi connectivity index (χ3n) is 5.03. The number of aryl methyl sites for hydroxylation is 1. The van der Waals surface area contributed by atoms with Gasteiger partial charge in [0.15, 0.2) is 5.82 Å². The second-order valence-electron chi connectivity index (χ2n) is 7.66. The zero-order valence-corrected chi connectivity index (χ0v) is 15.2. The average molecular weight is 344 g/mol. The van der Waals surface area contributed by atoms with Gasteiger partial charge in [-0.25, -0.2) is 4.98 Å². The number of nitrogens with one attached hydrogen (secondary N) is 2. The fourth-order valence-electron chi connectivity index (χ4n) is 3.51. The number of hydrogen-bond acceptors (Lipinski definition) is 5. The number of aliphatic hydroxyl groups is 2. The van der Waals surface area contributed by atoms with Crippen molar-refractivity contribution in [3.8, 4) is 0 Å². The molecule has 1 aliphatic rings. The molecule has 6 nitrogen and oxygen atoms in total. The summed E-state index contributed by atoms with van der Waals surface area (Å²) in [4.78, 5) is 4.40. The van der Waals surface area contributed by atoms with Crippen LogP contribution < -0.4 is 5.32 Å². The summed E-state index contributed by atoms with van der Waals surface area (Å²) in [7, 11) is 0. The molecule has 1 heterocycles. The van der Waals surface area contributed by atoms with Gasteiger partial charge < -0.3 is 15.5 Å². The summed E-state index contributed by atoms with van der Waals surface area (Å²) in [5, 5.41) is 30.9. The molecule has 1 aromatic heterocycles. The Labute approximate surface area is 148 Å². The van der Waals surface area contributed by atoms with Crippen molar-refractivity contribution in [3.05, 3.63) is 47.0 Å². The fraction of sp³-hybridized carbons (Fsp3) is 0.579. The average Bonchev–Trinajstić information content (AvgIpc) is 3.13. The van der Waals surface area contributed by atoms with Gasteiger partial charge in [-0.1, -0.05) is 24.3 Å². The second-order valence-corrected chi connectivity index (χ2v) is 7.66. The number of benzene rings is 1. The number of nitrogens with zero attached hydrogens (tertiary/aromatic N) is 2. The predicted octanol–water partition coefficient (Wildman–Crippen LogP) is 1.98. The molecule has 3 rings (SSSR count). The van der Waals surface area contributed by atoms with Crippen molar-refractivity contribution in [2.45, 2.75) is 57.8 Å². The maximum absolute atomic E-state index is 10.3. The Morgan fingerprint density at radius 3 is 2.56 bits per heavy atom. The number of H-pyrrole nitrogens is 1. The molecule has 0 bridgehead atoms. The minimum Gasteiger partial charge on any atom is -0.393 e. The molecule has 0 aliphatic heterocycles. The minimum atomic E-state index is -0.812. The topological polar surface area (TPSA) is 94.1 Å². The Kier molecular flexibility index (Phi) is 5.22. The van der Waals surface area contributed by atoms with E-state index < -0.39 is 5.60 Å². The molecule has 136 valence electrons. The van der Waals surface area contributed by atoms with E-state index in [0.717, 1.165) is 43.1 Å². The Morgan fingerprint density at radius 2 is 1.96 bits per heavy atom. The molecule has 6 heteroatoms. The lowest BCUT2D eigenvalue weighted by molar-refractivity contribution is 0.0786. The van der Waals surface area contributed by atoms with Crippen molar-refractivity contribution >= 4 is 0 Å². The van der Waals surface area contributed by atoms with Crippen molar-refractivity contribution in [1.29, 1.82) is 0 Å². The van der Waals surface area contributed by atoms with Crippen LogP contribution in [0.1, 0.15) is 55.4 Å². The van der Waals surface area contributed by atoms with Crippen LogP contribution in [0.2, 0.25) is 0 Å². The molecule has 1 saturated carbocycles. The fourth-order valence-corrected chi connectivity index (χ4v) is 3.51. The molecule has 0 radical (unpaired) electrons. The van der Waals surface area contributed by atoms with Gasteiger partial charge in [-0.05, 0) is 50.7 Å². The van der Waals surface area contributed by atoms with Crippen LogP contribution in [-0.4, -0.2) is 38.0 Å². The maximum Gasteiger partial charge on any atom is 0.153 e. The molecule has 25 heavy (non-hydrogen) atoms. The van der Waals surface area contributed by atoms with Crippen LogP contribution in [0.3, 0.4) is 0 Å². The van der Waals surface area contributed by atoms with Crippen LogP contribution in [0.15, 0.2) is 24.3 Å². The summed E-state index contributed by atoms with van der Waals surface area (Å²) >= 11 is 0. The lowest BCUT2D eigenvalue weighted by Crippen LogP contribution is -2.27. The zero-order chi connectivity index (χ0) is 18.0. The molecule has 1 fully saturated rings. The van der Waals surface area contributed by atoms with Crippen molar-refractivity contribution in [3.63, 3.8) is 0 Å². The first-order valence-corrected chi connectivity index (χ1v) is 8.92. The number of aromatic amines is 1. The van der Waals surface area contributed by atoms with E-state index in [1.165, 1.54) is 5.56 Å². The number of rotatable bonds is 6. The van der Waals surface area contributed by atoms with Crippen LogP contribution in [0.4, 0.5) is 0 Å². The third kappa shape index (κ3) is 4.45. The standard InChI is InChI=1S/C19H28N4O2/c1-12-21-18(23-22-12)14-8-15(17(24)9-14)11-20-10-13-4-6-16(7-5-13)19(2,3)25/h4-7,14-15,17,20,24-25H,8-11H2,1-3H3,(H,21,22,23)/t14?,15-,17-/m1/s1. The summed E-state index contributed by atoms with van der Waals surface area (Å²) in [5.74, 6) is 2.10. The van der Waals surface area contributed by atoms with Gasteiger partial charge in [0.1, 0.15) is 5.82 Å². The summed E-state index contributed by atoms with van der Waals surface area (Å²) in [6, 6.07) is 7.99. The lowest BCUT2D eigenvalue weighted by atomic mass is 9.97. The van der Waals surface area contributed by atoms with Gasteiger partial charge in [0.2, 0.25) is 0 Å². The Bertz CT molecular complexity index is 690. The molecular formula is C19H28N4O2. The lowest BCUT2D eigenvalue weighted by Gasteiger charge is -2.18. The minimum absolute atomic E-state index is 0.222. The molecule has 4 N–H and O–H groups in total. The second kappa shape index (κ2) is 7.23. The number of aliphatic hydroxyl groups excluding tert-OH is 1. The summed E-state index contributed by atoms with van der Waals surface area (Å²) in [5.41, 5.74) is 1.27. The monoisotopic (exact) mass is 344 g/mol. The van der Waals surface area contributed by atoms with E-state index in [0.29, 0.717) is 0 Å².